The molecule has 24 heavy (non-hydrogen) atoms. The van der Waals surface area contributed by atoms with Crippen LogP contribution < -0.4 is 10.2 Å². The van der Waals surface area contributed by atoms with Gasteiger partial charge < -0.3 is 10.2 Å². The van der Waals surface area contributed by atoms with Gasteiger partial charge in [0, 0.05) is 24.2 Å². The van der Waals surface area contributed by atoms with Crippen LogP contribution in [0.3, 0.4) is 0 Å². The summed E-state index contributed by atoms with van der Waals surface area (Å²) in [5.41, 5.74) is 1.86. The molecule has 0 bridgehead atoms. The number of benzene rings is 2. The van der Waals surface area contributed by atoms with E-state index in [4.69, 9.17) is 16.9 Å². The smallest absolute Gasteiger partial charge is 0.240 e. The van der Waals surface area contributed by atoms with E-state index in [1.54, 1.807) is 36.4 Å². The minimum Gasteiger partial charge on any atom is -0.350 e. The largest absolute Gasteiger partial charge is 0.350 e. The van der Waals surface area contributed by atoms with Gasteiger partial charge in [0.25, 0.3) is 0 Å². The molecule has 0 unspecified atom stereocenters. The predicted molar refractivity (Wildman–Crippen MR) is 92.5 cm³/mol. The highest BCUT2D eigenvalue weighted by Gasteiger charge is 2.16. The number of amides is 2. The van der Waals surface area contributed by atoms with E-state index in [0.717, 1.165) is 5.56 Å². The lowest BCUT2D eigenvalue weighted by Gasteiger charge is -2.21. The monoisotopic (exact) mass is 341 g/mol. The van der Waals surface area contributed by atoms with Crippen LogP contribution in [0.2, 0.25) is 5.02 Å². The molecule has 0 aliphatic heterocycles. The maximum Gasteiger partial charge on any atom is 0.240 e. The molecule has 6 heteroatoms. The Hall–Kier alpha value is -2.84. The first-order valence-electron chi connectivity index (χ1n) is 7.29. The van der Waals surface area contributed by atoms with Crippen molar-refractivity contribution in [2.75, 3.05) is 11.4 Å². The van der Waals surface area contributed by atoms with Crippen LogP contribution >= 0.6 is 11.6 Å². The zero-order valence-corrected chi connectivity index (χ0v) is 13.9. The molecule has 0 heterocycles. The van der Waals surface area contributed by atoms with E-state index >= 15 is 0 Å². The second-order valence-electron chi connectivity index (χ2n) is 5.17. The van der Waals surface area contributed by atoms with Crippen LogP contribution in [0.25, 0.3) is 0 Å². The fourth-order valence-electron chi connectivity index (χ4n) is 2.13. The van der Waals surface area contributed by atoms with E-state index < -0.39 is 0 Å². The Kier molecular flexibility index (Phi) is 5.94. The summed E-state index contributed by atoms with van der Waals surface area (Å²) >= 11 is 5.82. The Labute approximate surface area is 145 Å². The molecule has 2 aromatic rings. The van der Waals surface area contributed by atoms with Crippen molar-refractivity contribution >= 4 is 29.1 Å². The second kappa shape index (κ2) is 8.14. The van der Waals surface area contributed by atoms with E-state index in [9.17, 15) is 9.59 Å². The second-order valence-corrected chi connectivity index (χ2v) is 5.61. The van der Waals surface area contributed by atoms with Crippen molar-refractivity contribution in [2.45, 2.75) is 13.5 Å². The number of carbonyl (C=O) groups is 2. The molecule has 0 atom stereocenters. The molecule has 2 aromatic carbocycles. The molecule has 1 N–H and O–H groups in total. The summed E-state index contributed by atoms with van der Waals surface area (Å²) in [6.45, 7) is 1.61. The van der Waals surface area contributed by atoms with Crippen molar-refractivity contribution in [3.8, 4) is 6.07 Å². The third-order valence-corrected chi connectivity index (χ3v) is 3.62. The van der Waals surface area contributed by atoms with Crippen LogP contribution in [0.15, 0.2) is 48.5 Å². The maximum atomic E-state index is 12.1. The number of rotatable bonds is 5. The molecule has 5 nitrogen and oxygen atoms in total. The Morgan fingerprint density at radius 2 is 1.92 bits per heavy atom. The molecule has 2 amide bonds. The zero-order valence-electron chi connectivity index (χ0n) is 13.1. The zero-order chi connectivity index (χ0) is 17.5. The third-order valence-electron chi connectivity index (χ3n) is 3.37. The summed E-state index contributed by atoms with van der Waals surface area (Å²) in [5, 5.41) is 12.3. The summed E-state index contributed by atoms with van der Waals surface area (Å²) in [7, 11) is 0. The van der Waals surface area contributed by atoms with Crippen molar-refractivity contribution in [3.63, 3.8) is 0 Å². The number of carbonyl (C=O) groups excluding carboxylic acids is 2. The number of anilines is 1. The number of hydrogen-bond donors (Lipinski definition) is 1. The van der Waals surface area contributed by atoms with Gasteiger partial charge in [-0.05, 0) is 35.9 Å². The van der Waals surface area contributed by atoms with E-state index in [-0.39, 0.29) is 18.4 Å². The van der Waals surface area contributed by atoms with Crippen molar-refractivity contribution in [1.82, 2.24) is 5.32 Å². The number of nitrogens with zero attached hydrogens (tertiary/aromatic N) is 2. The maximum absolute atomic E-state index is 12.1. The van der Waals surface area contributed by atoms with Crippen LogP contribution in [0, 0.1) is 11.3 Å². The van der Waals surface area contributed by atoms with Gasteiger partial charge in [-0.1, -0.05) is 29.8 Å². The standard InChI is InChI=1S/C18H16ClN3O2/c1-13(23)22(17-4-2-3-15(9-17)10-20)12-18(24)21-11-14-5-7-16(19)8-6-14/h2-9H,11-12H2,1H3,(H,21,24). The summed E-state index contributed by atoms with van der Waals surface area (Å²) in [5.74, 6) is -0.561. The summed E-state index contributed by atoms with van der Waals surface area (Å²) in [6, 6.07) is 15.7. The number of nitrogens with one attached hydrogen (secondary N) is 1. The van der Waals surface area contributed by atoms with Gasteiger partial charge >= 0.3 is 0 Å². The minimum absolute atomic E-state index is 0.113. The molecule has 0 spiro atoms. The van der Waals surface area contributed by atoms with Gasteiger partial charge in [-0.2, -0.15) is 5.26 Å². The van der Waals surface area contributed by atoms with Crippen molar-refractivity contribution in [3.05, 3.63) is 64.7 Å². The Balaban J connectivity index is 2.02. The molecule has 0 saturated carbocycles. The average molecular weight is 342 g/mol. The number of nitriles is 1. The van der Waals surface area contributed by atoms with E-state index in [1.807, 2.05) is 18.2 Å². The SMILES string of the molecule is CC(=O)N(CC(=O)NCc1ccc(Cl)cc1)c1cccc(C#N)c1. The van der Waals surface area contributed by atoms with Crippen molar-refractivity contribution in [1.29, 1.82) is 5.26 Å². The fourth-order valence-corrected chi connectivity index (χ4v) is 2.26. The molecule has 0 fully saturated rings. The molecule has 0 aliphatic carbocycles. The molecule has 0 aliphatic rings. The highest BCUT2D eigenvalue weighted by Crippen LogP contribution is 2.16. The van der Waals surface area contributed by atoms with Crippen LogP contribution in [0.4, 0.5) is 5.69 Å². The first-order valence-corrected chi connectivity index (χ1v) is 7.67. The Bertz CT molecular complexity index is 782. The van der Waals surface area contributed by atoms with E-state index in [0.29, 0.717) is 22.8 Å². The van der Waals surface area contributed by atoms with Gasteiger partial charge in [0.1, 0.15) is 6.54 Å². The molecular weight excluding hydrogens is 326 g/mol. The Morgan fingerprint density at radius 1 is 1.21 bits per heavy atom. The molecule has 0 aromatic heterocycles. The van der Waals surface area contributed by atoms with Crippen molar-refractivity contribution in [2.24, 2.45) is 0 Å². The van der Waals surface area contributed by atoms with Crippen LogP contribution in [0.5, 0.6) is 0 Å². The molecule has 0 saturated heterocycles. The first kappa shape index (κ1) is 17.5. The Morgan fingerprint density at radius 3 is 2.54 bits per heavy atom. The first-order chi connectivity index (χ1) is 11.5. The van der Waals surface area contributed by atoms with Gasteiger partial charge in [0.15, 0.2) is 0 Å². The van der Waals surface area contributed by atoms with Gasteiger partial charge in [-0.25, -0.2) is 0 Å². The average Bonchev–Trinajstić information content (AvgIpc) is 2.59. The lowest BCUT2D eigenvalue weighted by molar-refractivity contribution is -0.123. The van der Waals surface area contributed by atoms with E-state index in [2.05, 4.69) is 5.32 Å². The fraction of sp³-hybridized carbons (Fsp3) is 0.167. The summed E-state index contributed by atoms with van der Waals surface area (Å²) < 4.78 is 0. The van der Waals surface area contributed by atoms with Crippen molar-refractivity contribution < 1.29 is 9.59 Å². The quantitative estimate of drug-likeness (QED) is 0.908. The molecule has 0 radical (unpaired) electrons. The van der Waals surface area contributed by atoms with Crippen LogP contribution in [0.1, 0.15) is 18.1 Å². The lowest BCUT2D eigenvalue weighted by atomic mass is 10.2. The van der Waals surface area contributed by atoms with Gasteiger partial charge in [0.05, 0.1) is 11.6 Å². The van der Waals surface area contributed by atoms with E-state index in [1.165, 1.54) is 11.8 Å². The third kappa shape index (κ3) is 4.83. The van der Waals surface area contributed by atoms with Gasteiger partial charge in [-0.3, -0.25) is 9.59 Å². The van der Waals surface area contributed by atoms with Gasteiger partial charge in [-0.15, -0.1) is 0 Å². The summed E-state index contributed by atoms with van der Waals surface area (Å²) in [6.07, 6.45) is 0. The highest BCUT2D eigenvalue weighted by atomic mass is 35.5. The normalized spacial score (nSPS) is 9.88. The molecule has 122 valence electrons. The lowest BCUT2D eigenvalue weighted by Crippen LogP contribution is -2.39. The molecule has 2 rings (SSSR count). The minimum atomic E-state index is -0.289. The predicted octanol–water partition coefficient (Wildman–Crippen LogP) is 2.88. The van der Waals surface area contributed by atoms with Crippen LogP contribution in [-0.4, -0.2) is 18.4 Å². The van der Waals surface area contributed by atoms with Gasteiger partial charge in [0.2, 0.25) is 11.8 Å². The van der Waals surface area contributed by atoms with Crippen LogP contribution in [-0.2, 0) is 16.1 Å². The number of halogens is 1. The highest BCUT2D eigenvalue weighted by molar-refractivity contribution is 6.30. The topological polar surface area (TPSA) is 73.2 Å². The summed E-state index contributed by atoms with van der Waals surface area (Å²) in [4.78, 5) is 25.3. The number of hydrogen-bond acceptors (Lipinski definition) is 3. The molecular formula is C18H16ClN3O2.